The van der Waals surface area contributed by atoms with Gasteiger partial charge in [0.2, 0.25) is 0 Å². The SMILES string of the molecule is CCCCN1C(=O)C(=Cc2cn(Cc3ccccc3)c3ccccc23)C(=O)NC1=S. The molecule has 152 valence electrons. The van der Waals surface area contributed by atoms with Gasteiger partial charge in [-0.25, -0.2) is 0 Å². The highest BCUT2D eigenvalue weighted by Crippen LogP contribution is 2.26. The van der Waals surface area contributed by atoms with Crippen molar-refractivity contribution in [2.75, 3.05) is 6.54 Å². The molecule has 2 heterocycles. The summed E-state index contributed by atoms with van der Waals surface area (Å²) in [6.07, 6.45) is 5.44. The standard InChI is InChI=1S/C24H23N3O2S/c1-2-3-13-27-23(29)20(22(28)25-24(27)30)14-18-16-26(15-17-9-5-4-6-10-17)21-12-8-7-11-19(18)21/h4-12,14,16H,2-3,13,15H2,1H3,(H,25,28,30). The van der Waals surface area contributed by atoms with Gasteiger partial charge in [0.05, 0.1) is 0 Å². The van der Waals surface area contributed by atoms with E-state index in [9.17, 15) is 9.59 Å². The third-order valence-corrected chi connectivity index (χ3v) is 5.56. The normalized spacial score (nSPS) is 15.8. The van der Waals surface area contributed by atoms with Crippen LogP contribution in [0.25, 0.3) is 17.0 Å². The van der Waals surface area contributed by atoms with Gasteiger partial charge in [-0.15, -0.1) is 0 Å². The van der Waals surface area contributed by atoms with Gasteiger partial charge in [0, 0.05) is 35.8 Å². The quantitative estimate of drug-likeness (QED) is 0.373. The molecule has 4 rings (SSSR count). The van der Waals surface area contributed by atoms with Crippen molar-refractivity contribution < 1.29 is 9.59 Å². The zero-order valence-electron chi connectivity index (χ0n) is 16.8. The average molecular weight is 418 g/mol. The molecule has 0 saturated carbocycles. The summed E-state index contributed by atoms with van der Waals surface area (Å²) in [6.45, 7) is 3.26. The number of carbonyl (C=O) groups is 2. The van der Waals surface area contributed by atoms with Crippen molar-refractivity contribution in [2.45, 2.75) is 26.3 Å². The van der Waals surface area contributed by atoms with E-state index in [1.807, 2.05) is 55.6 Å². The third-order valence-electron chi connectivity index (χ3n) is 5.24. The molecule has 1 saturated heterocycles. The predicted molar refractivity (Wildman–Crippen MR) is 123 cm³/mol. The van der Waals surface area contributed by atoms with E-state index < -0.39 is 5.91 Å². The van der Waals surface area contributed by atoms with Crippen LogP contribution in [-0.4, -0.2) is 32.9 Å². The maximum atomic E-state index is 13.0. The monoisotopic (exact) mass is 417 g/mol. The van der Waals surface area contributed by atoms with E-state index in [2.05, 4.69) is 22.0 Å². The van der Waals surface area contributed by atoms with Crippen LogP contribution in [0.5, 0.6) is 0 Å². The van der Waals surface area contributed by atoms with Crippen LogP contribution in [0.2, 0.25) is 0 Å². The first-order chi connectivity index (χ1) is 14.6. The Balaban J connectivity index is 1.74. The lowest BCUT2D eigenvalue weighted by atomic mass is 10.1. The van der Waals surface area contributed by atoms with Crippen molar-refractivity contribution >= 4 is 46.1 Å². The molecule has 0 unspecified atom stereocenters. The lowest BCUT2D eigenvalue weighted by Gasteiger charge is -2.28. The van der Waals surface area contributed by atoms with E-state index in [4.69, 9.17) is 12.2 Å². The van der Waals surface area contributed by atoms with Gasteiger partial charge in [0.15, 0.2) is 5.11 Å². The summed E-state index contributed by atoms with van der Waals surface area (Å²) in [5.74, 6) is -0.783. The first kappa shape index (κ1) is 20.0. The Labute approximate surface area is 181 Å². The summed E-state index contributed by atoms with van der Waals surface area (Å²) in [5.41, 5.74) is 3.18. The number of nitrogens with zero attached hydrogens (tertiary/aromatic N) is 2. The van der Waals surface area contributed by atoms with Gasteiger partial charge in [-0.3, -0.25) is 19.8 Å². The van der Waals surface area contributed by atoms with Crippen LogP contribution in [0.1, 0.15) is 30.9 Å². The first-order valence-electron chi connectivity index (χ1n) is 10.1. The number of carbonyl (C=O) groups excluding carboxylic acids is 2. The number of rotatable bonds is 6. The Hall–Kier alpha value is -3.25. The van der Waals surface area contributed by atoms with Gasteiger partial charge in [-0.2, -0.15) is 0 Å². The van der Waals surface area contributed by atoms with Gasteiger partial charge >= 0.3 is 0 Å². The summed E-state index contributed by atoms with van der Waals surface area (Å²) >= 11 is 5.21. The molecule has 5 nitrogen and oxygen atoms in total. The second-order valence-corrected chi connectivity index (χ2v) is 7.73. The Kier molecular flexibility index (Phi) is 5.77. The molecular formula is C24H23N3O2S. The molecule has 6 heteroatoms. The van der Waals surface area contributed by atoms with E-state index in [1.54, 1.807) is 6.08 Å². The molecule has 0 aliphatic carbocycles. The van der Waals surface area contributed by atoms with E-state index in [-0.39, 0.29) is 16.6 Å². The van der Waals surface area contributed by atoms with Crippen LogP contribution in [-0.2, 0) is 16.1 Å². The highest BCUT2D eigenvalue weighted by atomic mass is 32.1. The second kappa shape index (κ2) is 8.63. The minimum atomic E-state index is -0.447. The molecule has 0 spiro atoms. The second-order valence-electron chi connectivity index (χ2n) is 7.34. The Bertz CT molecular complexity index is 1150. The molecule has 1 aliphatic heterocycles. The van der Waals surface area contributed by atoms with Crippen molar-refractivity contribution in [3.63, 3.8) is 0 Å². The van der Waals surface area contributed by atoms with Gasteiger partial charge in [-0.05, 0) is 36.3 Å². The molecule has 1 N–H and O–H groups in total. The summed E-state index contributed by atoms with van der Waals surface area (Å²) in [4.78, 5) is 27.0. The topological polar surface area (TPSA) is 54.3 Å². The van der Waals surface area contributed by atoms with Crippen LogP contribution in [0, 0.1) is 0 Å². The summed E-state index contributed by atoms with van der Waals surface area (Å²) in [5, 5.41) is 3.83. The number of hydrogen-bond donors (Lipinski definition) is 1. The van der Waals surface area contributed by atoms with Gasteiger partial charge in [0.1, 0.15) is 5.57 Å². The maximum Gasteiger partial charge on any atom is 0.265 e. The molecule has 1 aromatic heterocycles. The minimum Gasteiger partial charge on any atom is -0.342 e. The van der Waals surface area contributed by atoms with Crippen molar-refractivity contribution in [3.05, 3.63) is 77.5 Å². The molecular weight excluding hydrogens is 394 g/mol. The fourth-order valence-electron chi connectivity index (χ4n) is 3.67. The molecule has 3 aromatic rings. The fraction of sp³-hybridized carbons (Fsp3) is 0.208. The number of para-hydroxylation sites is 1. The van der Waals surface area contributed by atoms with Crippen molar-refractivity contribution in [1.29, 1.82) is 0 Å². The molecule has 2 aromatic carbocycles. The summed E-state index contributed by atoms with van der Waals surface area (Å²) < 4.78 is 2.14. The average Bonchev–Trinajstić information content (AvgIpc) is 3.09. The fourth-order valence-corrected chi connectivity index (χ4v) is 3.94. The number of benzene rings is 2. The molecule has 2 amide bonds. The van der Waals surface area contributed by atoms with Crippen molar-refractivity contribution in [3.8, 4) is 0 Å². The number of amides is 2. The van der Waals surface area contributed by atoms with Crippen LogP contribution in [0.3, 0.4) is 0 Å². The van der Waals surface area contributed by atoms with E-state index in [0.29, 0.717) is 13.1 Å². The number of unbranched alkanes of at least 4 members (excludes halogenated alkanes) is 1. The molecule has 0 atom stereocenters. The lowest BCUT2D eigenvalue weighted by Crippen LogP contribution is -2.54. The lowest BCUT2D eigenvalue weighted by molar-refractivity contribution is -0.128. The maximum absolute atomic E-state index is 13.0. The summed E-state index contributed by atoms with van der Waals surface area (Å²) in [6, 6.07) is 18.2. The predicted octanol–water partition coefficient (Wildman–Crippen LogP) is 4.12. The smallest absolute Gasteiger partial charge is 0.265 e. The number of aromatic nitrogens is 1. The van der Waals surface area contributed by atoms with E-state index >= 15 is 0 Å². The molecule has 1 aliphatic rings. The minimum absolute atomic E-state index is 0.113. The van der Waals surface area contributed by atoms with Crippen LogP contribution in [0.4, 0.5) is 0 Å². The largest absolute Gasteiger partial charge is 0.342 e. The van der Waals surface area contributed by atoms with Gasteiger partial charge < -0.3 is 4.57 Å². The van der Waals surface area contributed by atoms with Crippen molar-refractivity contribution in [1.82, 2.24) is 14.8 Å². The number of thiocarbonyl (C=S) groups is 1. The highest BCUT2D eigenvalue weighted by Gasteiger charge is 2.33. The number of fused-ring (bicyclic) bond motifs is 1. The zero-order chi connectivity index (χ0) is 21.1. The van der Waals surface area contributed by atoms with E-state index in [0.717, 1.165) is 29.3 Å². The zero-order valence-corrected chi connectivity index (χ0v) is 17.6. The first-order valence-corrected chi connectivity index (χ1v) is 10.5. The van der Waals surface area contributed by atoms with E-state index in [1.165, 1.54) is 10.5 Å². The van der Waals surface area contributed by atoms with Crippen LogP contribution >= 0.6 is 12.2 Å². The molecule has 0 radical (unpaired) electrons. The highest BCUT2D eigenvalue weighted by molar-refractivity contribution is 7.80. The van der Waals surface area contributed by atoms with Gasteiger partial charge in [0.25, 0.3) is 11.8 Å². The number of nitrogens with one attached hydrogen (secondary N) is 1. The Morgan fingerprint density at radius 3 is 2.53 bits per heavy atom. The van der Waals surface area contributed by atoms with Crippen LogP contribution in [0.15, 0.2) is 66.4 Å². The molecule has 0 bridgehead atoms. The summed E-state index contributed by atoms with van der Waals surface area (Å²) in [7, 11) is 0. The molecule has 1 fully saturated rings. The van der Waals surface area contributed by atoms with Gasteiger partial charge in [-0.1, -0.05) is 61.9 Å². The Morgan fingerprint density at radius 2 is 1.77 bits per heavy atom. The molecule has 30 heavy (non-hydrogen) atoms. The van der Waals surface area contributed by atoms with Crippen LogP contribution < -0.4 is 5.32 Å². The Morgan fingerprint density at radius 1 is 1.03 bits per heavy atom. The van der Waals surface area contributed by atoms with Crippen molar-refractivity contribution in [2.24, 2.45) is 0 Å². The number of hydrogen-bond acceptors (Lipinski definition) is 3. The third kappa shape index (κ3) is 3.91.